The number of aromatic nitrogens is 1. The SMILES string of the molecule is COCC(NC(=O)c1cc(NCC2CC2C)nc(N(C)S(=O)(=O)C(C)C)c1)C(O)CNCC#CC1CC1. The first-order valence-corrected chi connectivity index (χ1v) is 14.4. The molecule has 0 spiro atoms. The number of nitrogens with zero attached hydrogens (tertiary/aromatic N) is 2. The standard InChI is InChI=1S/C26H41N5O5S/c1-17(2)37(34,35)31(4)25-13-20(12-24(30-25)28-14-21-11-18(21)3)26(33)29-22(16-36-5)23(32)15-27-10-6-7-19-8-9-19/h12-13,17-19,21-23,27,32H,8-11,14-16H2,1-5H3,(H,28,30)(H,29,33). The second kappa shape index (κ2) is 12.9. The molecule has 1 amide bonds. The molecule has 2 saturated carbocycles. The number of nitrogens with one attached hydrogen (secondary N) is 3. The number of carbonyl (C=O) groups is 1. The van der Waals surface area contributed by atoms with E-state index >= 15 is 0 Å². The number of sulfonamides is 1. The Morgan fingerprint density at radius 1 is 1.32 bits per heavy atom. The fraction of sp³-hybridized carbons (Fsp3) is 0.692. The predicted octanol–water partition coefficient (Wildman–Crippen LogP) is 1.43. The lowest BCUT2D eigenvalue weighted by molar-refractivity contribution is 0.0601. The van der Waals surface area contributed by atoms with Gasteiger partial charge in [-0.15, -0.1) is 0 Å². The number of pyridine rings is 1. The third kappa shape index (κ3) is 8.57. The molecule has 11 heteroatoms. The number of anilines is 2. The molecule has 37 heavy (non-hydrogen) atoms. The molecule has 1 heterocycles. The van der Waals surface area contributed by atoms with Crippen molar-refractivity contribution in [2.24, 2.45) is 17.8 Å². The summed E-state index contributed by atoms with van der Waals surface area (Å²) in [6.45, 7) is 6.86. The van der Waals surface area contributed by atoms with Crippen molar-refractivity contribution in [3.05, 3.63) is 17.7 Å². The van der Waals surface area contributed by atoms with Crippen molar-refractivity contribution >= 4 is 27.6 Å². The van der Waals surface area contributed by atoms with Crippen molar-refractivity contribution in [3.8, 4) is 11.8 Å². The quantitative estimate of drug-likeness (QED) is 0.208. The van der Waals surface area contributed by atoms with Gasteiger partial charge in [0, 0.05) is 38.7 Å². The van der Waals surface area contributed by atoms with Crippen LogP contribution >= 0.6 is 0 Å². The second-order valence-electron chi connectivity index (χ2n) is 10.3. The van der Waals surface area contributed by atoms with Crippen LogP contribution in [0.5, 0.6) is 0 Å². The maximum absolute atomic E-state index is 13.3. The zero-order chi connectivity index (χ0) is 27.2. The van der Waals surface area contributed by atoms with E-state index in [1.165, 1.54) is 20.2 Å². The Labute approximate surface area is 221 Å². The van der Waals surface area contributed by atoms with Crippen molar-refractivity contribution in [2.75, 3.05) is 50.0 Å². The lowest BCUT2D eigenvalue weighted by Crippen LogP contribution is -2.50. The minimum Gasteiger partial charge on any atom is -0.390 e. The molecule has 1 aromatic heterocycles. The summed E-state index contributed by atoms with van der Waals surface area (Å²) in [7, 11) is -0.717. The molecule has 0 aromatic carbocycles. The van der Waals surface area contributed by atoms with Gasteiger partial charge in [0.1, 0.15) is 11.6 Å². The van der Waals surface area contributed by atoms with E-state index in [4.69, 9.17) is 4.74 Å². The molecule has 0 bridgehead atoms. The molecule has 2 aliphatic carbocycles. The fourth-order valence-corrected chi connectivity index (χ4v) is 4.78. The number of hydrogen-bond acceptors (Lipinski definition) is 8. The van der Waals surface area contributed by atoms with E-state index in [1.807, 2.05) is 0 Å². The third-order valence-electron chi connectivity index (χ3n) is 6.77. The van der Waals surface area contributed by atoms with Gasteiger partial charge in [0.2, 0.25) is 10.0 Å². The summed E-state index contributed by atoms with van der Waals surface area (Å²) in [6, 6.07) is 2.37. The smallest absolute Gasteiger partial charge is 0.251 e. The van der Waals surface area contributed by atoms with Crippen LogP contribution in [0.3, 0.4) is 0 Å². The molecular formula is C26H41N5O5S. The van der Waals surface area contributed by atoms with Crippen LogP contribution in [0.15, 0.2) is 12.1 Å². The Hall–Kier alpha value is -2.39. The Morgan fingerprint density at radius 2 is 2.03 bits per heavy atom. The third-order valence-corrected chi connectivity index (χ3v) is 8.92. The summed E-state index contributed by atoms with van der Waals surface area (Å²) in [5, 5.41) is 19.2. The normalized spacial score (nSPS) is 20.5. The van der Waals surface area contributed by atoms with Crippen molar-refractivity contribution in [2.45, 2.75) is 57.4 Å². The number of carbonyl (C=O) groups excluding carboxylic acids is 1. The van der Waals surface area contributed by atoms with Crippen molar-refractivity contribution < 1.29 is 23.1 Å². The highest BCUT2D eigenvalue weighted by molar-refractivity contribution is 7.93. The summed E-state index contributed by atoms with van der Waals surface area (Å²) in [6.07, 6.45) is 2.53. The van der Waals surface area contributed by atoms with E-state index in [9.17, 15) is 18.3 Å². The second-order valence-corrected chi connectivity index (χ2v) is 12.9. The van der Waals surface area contributed by atoms with Crippen LogP contribution in [0.25, 0.3) is 0 Å². The van der Waals surface area contributed by atoms with Gasteiger partial charge >= 0.3 is 0 Å². The zero-order valence-electron chi connectivity index (χ0n) is 22.5. The number of rotatable bonds is 14. The highest BCUT2D eigenvalue weighted by Crippen LogP contribution is 2.37. The van der Waals surface area contributed by atoms with Gasteiger partial charge in [-0.3, -0.25) is 9.10 Å². The molecule has 0 saturated heterocycles. The minimum absolute atomic E-state index is 0.104. The molecule has 2 fully saturated rings. The first kappa shape index (κ1) is 29.2. The first-order valence-electron chi connectivity index (χ1n) is 12.9. The number of methoxy groups -OCH3 is 1. The molecule has 0 aliphatic heterocycles. The van der Waals surface area contributed by atoms with Crippen molar-refractivity contribution in [1.82, 2.24) is 15.6 Å². The average molecular weight is 536 g/mol. The Kier molecular flexibility index (Phi) is 10.2. The first-order chi connectivity index (χ1) is 17.5. The van der Waals surface area contributed by atoms with Gasteiger partial charge in [0.05, 0.1) is 30.5 Å². The van der Waals surface area contributed by atoms with E-state index < -0.39 is 33.3 Å². The summed E-state index contributed by atoms with van der Waals surface area (Å²) in [5.74, 6) is 7.99. The summed E-state index contributed by atoms with van der Waals surface area (Å²) in [4.78, 5) is 17.7. The van der Waals surface area contributed by atoms with Crippen molar-refractivity contribution in [3.63, 3.8) is 0 Å². The summed E-state index contributed by atoms with van der Waals surface area (Å²) in [5.41, 5.74) is 0.235. The average Bonchev–Trinajstić information content (AvgIpc) is 3.79. The highest BCUT2D eigenvalue weighted by Gasteiger charge is 2.32. The highest BCUT2D eigenvalue weighted by atomic mass is 32.2. The molecular weight excluding hydrogens is 494 g/mol. The molecule has 4 N–H and O–H groups in total. The number of ether oxygens (including phenoxy) is 1. The fourth-order valence-electron chi connectivity index (χ4n) is 3.79. The van der Waals surface area contributed by atoms with Gasteiger partial charge in [0.15, 0.2) is 0 Å². The van der Waals surface area contributed by atoms with E-state index in [1.54, 1.807) is 19.9 Å². The Morgan fingerprint density at radius 3 is 2.62 bits per heavy atom. The minimum atomic E-state index is -3.65. The van der Waals surface area contributed by atoms with Crippen molar-refractivity contribution in [1.29, 1.82) is 0 Å². The molecule has 10 nitrogen and oxygen atoms in total. The maximum atomic E-state index is 13.3. The summed E-state index contributed by atoms with van der Waals surface area (Å²) >= 11 is 0. The topological polar surface area (TPSA) is 133 Å². The van der Waals surface area contributed by atoms with Gasteiger partial charge in [-0.05, 0) is 57.1 Å². The molecule has 0 radical (unpaired) electrons. The Balaban J connectivity index is 1.73. The van der Waals surface area contributed by atoms with E-state index in [-0.39, 0.29) is 24.5 Å². The van der Waals surface area contributed by atoms with E-state index in [2.05, 4.69) is 39.7 Å². The predicted molar refractivity (Wildman–Crippen MR) is 145 cm³/mol. The van der Waals surface area contributed by atoms with Crippen LogP contribution in [-0.2, 0) is 14.8 Å². The van der Waals surface area contributed by atoms with Crippen LogP contribution in [0, 0.1) is 29.6 Å². The molecule has 3 rings (SSSR count). The van der Waals surface area contributed by atoms with Gasteiger partial charge in [-0.2, -0.15) is 0 Å². The maximum Gasteiger partial charge on any atom is 0.251 e. The molecule has 4 unspecified atom stereocenters. The summed E-state index contributed by atoms with van der Waals surface area (Å²) < 4.78 is 31.9. The van der Waals surface area contributed by atoms with Gasteiger partial charge in [0.25, 0.3) is 5.91 Å². The monoisotopic (exact) mass is 535 g/mol. The molecule has 2 aliphatic rings. The number of amides is 1. The van der Waals surface area contributed by atoms with Gasteiger partial charge in [-0.1, -0.05) is 18.8 Å². The van der Waals surface area contributed by atoms with Crippen LogP contribution in [-0.4, -0.2) is 82.2 Å². The largest absolute Gasteiger partial charge is 0.390 e. The van der Waals surface area contributed by atoms with Crippen LogP contribution in [0.2, 0.25) is 0 Å². The van der Waals surface area contributed by atoms with E-state index in [0.29, 0.717) is 36.7 Å². The van der Waals surface area contributed by atoms with E-state index in [0.717, 1.165) is 23.6 Å². The lowest BCUT2D eigenvalue weighted by Gasteiger charge is -2.25. The molecule has 206 valence electrons. The number of aliphatic hydroxyl groups excluding tert-OH is 1. The van der Waals surface area contributed by atoms with Gasteiger partial charge < -0.3 is 25.8 Å². The number of hydrogen-bond donors (Lipinski definition) is 4. The Bertz CT molecular complexity index is 1100. The van der Waals surface area contributed by atoms with Crippen LogP contribution in [0.4, 0.5) is 11.6 Å². The van der Waals surface area contributed by atoms with Crippen LogP contribution < -0.4 is 20.3 Å². The zero-order valence-corrected chi connectivity index (χ0v) is 23.3. The lowest BCUT2D eigenvalue weighted by atomic mass is 10.1. The number of aliphatic hydroxyl groups is 1. The van der Waals surface area contributed by atoms with Crippen LogP contribution in [0.1, 0.15) is 50.4 Å². The molecule has 1 aromatic rings. The molecule has 4 atom stereocenters. The van der Waals surface area contributed by atoms with Gasteiger partial charge in [-0.25, -0.2) is 13.4 Å².